The molecule has 1 aliphatic rings. The van der Waals surface area contributed by atoms with Crippen LogP contribution in [0, 0.1) is 12.8 Å². The molecule has 0 radical (unpaired) electrons. The Morgan fingerprint density at radius 2 is 2.11 bits per heavy atom. The Morgan fingerprint density at radius 1 is 1.28 bits per heavy atom. The highest BCUT2D eigenvalue weighted by Crippen LogP contribution is 2.33. The molecule has 0 N–H and O–H groups in total. The van der Waals surface area contributed by atoms with Crippen LogP contribution in [0.3, 0.4) is 0 Å². The SMILES string of the molecule is Cc1cccc2c(N(C)CCC3CC3)ncnc12. The van der Waals surface area contributed by atoms with Gasteiger partial charge in [0.05, 0.1) is 5.52 Å². The minimum atomic E-state index is 0.960. The second kappa shape index (κ2) is 4.56. The summed E-state index contributed by atoms with van der Waals surface area (Å²) in [5.41, 5.74) is 2.28. The molecule has 0 spiro atoms. The molecule has 1 fully saturated rings. The third-order valence-electron chi connectivity index (χ3n) is 3.78. The van der Waals surface area contributed by atoms with Gasteiger partial charge in [0.15, 0.2) is 0 Å². The first-order valence-electron chi connectivity index (χ1n) is 6.67. The Bertz CT molecular complexity index is 561. The topological polar surface area (TPSA) is 29.0 Å². The molecule has 3 rings (SSSR count). The van der Waals surface area contributed by atoms with Gasteiger partial charge in [0.25, 0.3) is 0 Å². The standard InChI is InChI=1S/C15H19N3/c1-11-4-3-5-13-14(11)16-10-17-15(13)18(2)9-8-12-6-7-12/h3-5,10,12H,6-9H2,1-2H3. The van der Waals surface area contributed by atoms with Crippen LogP contribution in [0.1, 0.15) is 24.8 Å². The van der Waals surface area contributed by atoms with Crippen molar-refractivity contribution in [3.05, 3.63) is 30.1 Å². The fourth-order valence-corrected chi connectivity index (χ4v) is 2.41. The number of hydrogen-bond acceptors (Lipinski definition) is 3. The highest BCUT2D eigenvalue weighted by molar-refractivity contribution is 5.91. The largest absolute Gasteiger partial charge is 0.359 e. The molecule has 2 aromatic rings. The molecule has 1 aromatic heterocycles. The highest BCUT2D eigenvalue weighted by atomic mass is 15.2. The lowest BCUT2D eigenvalue weighted by Crippen LogP contribution is -2.20. The average molecular weight is 241 g/mol. The summed E-state index contributed by atoms with van der Waals surface area (Å²) < 4.78 is 0. The van der Waals surface area contributed by atoms with Crippen LogP contribution >= 0.6 is 0 Å². The molecule has 18 heavy (non-hydrogen) atoms. The van der Waals surface area contributed by atoms with Gasteiger partial charge in [-0.2, -0.15) is 0 Å². The van der Waals surface area contributed by atoms with Gasteiger partial charge in [-0.25, -0.2) is 9.97 Å². The van der Waals surface area contributed by atoms with Gasteiger partial charge in [0.2, 0.25) is 0 Å². The van der Waals surface area contributed by atoms with E-state index >= 15 is 0 Å². The molecular weight excluding hydrogens is 222 g/mol. The van der Waals surface area contributed by atoms with E-state index in [0.717, 1.165) is 29.2 Å². The van der Waals surface area contributed by atoms with Crippen molar-refractivity contribution in [2.45, 2.75) is 26.2 Å². The molecule has 0 amide bonds. The quantitative estimate of drug-likeness (QED) is 0.823. The number of fused-ring (bicyclic) bond motifs is 1. The molecule has 0 atom stereocenters. The van der Waals surface area contributed by atoms with Gasteiger partial charge >= 0.3 is 0 Å². The third-order valence-corrected chi connectivity index (χ3v) is 3.78. The zero-order valence-electron chi connectivity index (χ0n) is 11.1. The summed E-state index contributed by atoms with van der Waals surface area (Å²) in [6.07, 6.45) is 5.79. The molecule has 3 heteroatoms. The normalized spacial score (nSPS) is 15.0. The van der Waals surface area contributed by atoms with Gasteiger partial charge in [0.1, 0.15) is 12.1 Å². The van der Waals surface area contributed by atoms with Crippen molar-refractivity contribution in [2.24, 2.45) is 5.92 Å². The number of nitrogens with zero attached hydrogens (tertiary/aromatic N) is 3. The van der Waals surface area contributed by atoms with E-state index in [2.05, 4.69) is 47.0 Å². The second-order valence-electron chi connectivity index (χ2n) is 5.32. The predicted molar refractivity (Wildman–Crippen MR) is 74.9 cm³/mol. The van der Waals surface area contributed by atoms with Gasteiger partial charge in [0, 0.05) is 19.0 Å². The molecule has 0 aliphatic heterocycles. The van der Waals surface area contributed by atoms with Crippen LogP contribution in [0.15, 0.2) is 24.5 Å². The molecule has 94 valence electrons. The molecule has 0 unspecified atom stereocenters. The zero-order chi connectivity index (χ0) is 12.5. The first-order valence-corrected chi connectivity index (χ1v) is 6.67. The molecule has 1 aromatic carbocycles. The number of aryl methyl sites for hydroxylation is 1. The summed E-state index contributed by atoms with van der Waals surface area (Å²) in [7, 11) is 2.13. The molecular formula is C15H19N3. The zero-order valence-corrected chi connectivity index (χ0v) is 11.1. The van der Waals surface area contributed by atoms with E-state index in [0.29, 0.717) is 0 Å². The van der Waals surface area contributed by atoms with Gasteiger partial charge in [-0.05, 0) is 30.9 Å². The minimum Gasteiger partial charge on any atom is -0.359 e. The van der Waals surface area contributed by atoms with Gasteiger partial charge in [-0.1, -0.05) is 25.0 Å². The summed E-state index contributed by atoms with van der Waals surface area (Å²) in [6, 6.07) is 6.30. The summed E-state index contributed by atoms with van der Waals surface area (Å²) in [5, 5.41) is 1.16. The van der Waals surface area contributed by atoms with Crippen molar-refractivity contribution in [1.29, 1.82) is 0 Å². The summed E-state index contributed by atoms with van der Waals surface area (Å²) >= 11 is 0. The van der Waals surface area contributed by atoms with E-state index < -0.39 is 0 Å². The maximum Gasteiger partial charge on any atom is 0.139 e. The summed E-state index contributed by atoms with van der Waals surface area (Å²) in [4.78, 5) is 11.1. The number of rotatable bonds is 4. The van der Waals surface area contributed by atoms with Gasteiger partial charge in [-0.3, -0.25) is 0 Å². The van der Waals surface area contributed by atoms with Crippen molar-refractivity contribution in [2.75, 3.05) is 18.5 Å². The molecule has 1 aliphatic carbocycles. The van der Waals surface area contributed by atoms with Crippen LogP contribution in [-0.2, 0) is 0 Å². The lowest BCUT2D eigenvalue weighted by Gasteiger charge is -2.19. The Hall–Kier alpha value is -1.64. The van der Waals surface area contributed by atoms with Crippen LogP contribution in [0.2, 0.25) is 0 Å². The van der Waals surface area contributed by atoms with Crippen molar-refractivity contribution >= 4 is 16.7 Å². The van der Waals surface area contributed by atoms with Gasteiger partial charge in [-0.15, -0.1) is 0 Å². The third kappa shape index (κ3) is 2.17. The fourth-order valence-electron chi connectivity index (χ4n) is 2.41. The first-order chi connectivity index (χ1) is 8.75. The maximum atomic E-state index is 4.46. The predicted octanol–water partition coefficient (Wildman–Crippen LogP) is 3.17. The Kier molecular flexibility index (Phi) is 2.90. The van der Waals surface area contributed by atoms with E-state index in [4.69, 9.17) is 0 Å². The smallest absolute Gasteiger partial charge is 0.139 e. The number of aromatic nitrogens is 2. The van der Waals surface area contributed by atoms with E-state index in [1.165, 1.54) is 24.8 Å². The number of hydrogen-bond donors (Lipinski definition) is 0. The van der Waals surface area contributed by atoms with Crippen LogP contribution < -0.4 is 4.90 Å². The van der Waals surface area contributed by atoms with E-state index in [1.807, 2.05) is 0 Å². The number of para-hydroxylation sites is 1. The van der Waals surface area contributed by atoms with Crippen LogP contribution in [-0.4, -0.2) is 23.6 Å². The maximum absolute atomic E-state index is 4.46. The number of anilines is 1. The Morgan fingerprint density at radius 3 is 2.89 bits per heavy atom. The summed E-state index contributed by atoms with van der Waals surface area (Å²) in [5.74, 6) is 2.02. The molecule has 0 saturated heterocycles. The number of benzene rings is 1. The minimum absolute atomic E-state index is 0.960. The lowest BCUT2D eigenvalue weighted by molar-refractivity contribution is 0.707. The lowest BCUT2D eigenvalue weighted by atomic mass is 10.1. The molecule has 1 heterocycles. The molecule has 0 bridgehead atoms. The molecule has 3 nitrogen and oxygen atoms in total. The monoisotopic (exact) mass is 241 g/mol. The fraction of sp³-hybridized carbons (Fsp3) is 0.467. The van der Waals surface area contributed by atoms with Gasteiger partial charge < -0.3 is 4.90 Å². The molecule has 1 saturated carbocycles. The van der Waals surface area contributed by atoms with Crippen LogP contribution in [0.25, 0.3) is 10.9 Å². The van der Waals surface area contributed by atoms with E-state index in [1.54, 1.807) is 6.33 Å². The summed E-state index contributed by atoms with van der Waals surface area (Å²) in [6.45, 7) is 3.19. The Balaban J connectivity index is 1.92. The van der Waals surface area contributed by atoms with Crippen molar-refractivity contribution in [1.82, 2.24) is 9.97 Å². The first kappa shape index (κ1) is 11.5. The average Bonchev–Trinajstić information content (AvgIpc) is 3.20. The van der Waals surface area contributed by atoms with Crippen molar-refractivity contribution in [3.63, 3.8) is 0 Å². The van der Waals surface area contributed by atoms with Crippen LogP contribution in [0.5, 0.6) is 0 Å². The van der Waals surface area contributed by atoms with E-state index in [-0.39, 0.29) is 0 Å². The van der Waals surface area contributed by atoms with Crippen LogP contribution in [0.4, 0.5) is 5.82 Å². The van der Waals surface area contributed by atoms with E-state index in [9.17, 15) is 0 Å². The Labute approximate surface area is 108 Å². The van der Waals surface area contributed by atoms with Crippen molar-refractivity contribution in [3.8, 4) is 0 Å². The van der Waals surface area contributed by atoms with Crippen molar-refractivity contribution < 1.29 is 0 Å². The second-order valence-corrected chi connectivity index (χ2v) is 5.32. The highest BCUT2D eigenvalue weighted by Gasteiger charge is 2.21.